The summed E-state index contributed by atoms with van der Waals surface area (Å²) in [5.74, 6) is 0.993. The minimum atomic E-state index is -0.315. The normalized spacial score (nSPS) is 18.5. The monoisotopic (exact) mass is 328 g/mol. The number of rotatable bonds is 6. The first-order chi connectivity index (χ1) is 11.7. The van der Waals surface area contributed by atoms with Gasteiger partial charge in [0.05, 0.1) is 6.54 Å². The molecule has 1 saturated heterocycles. The molecule has 0 radical (unpaired) electrons. The first-order valence-electron chi connectivity index (χ1n) is 8.55. The molecule has 1 unspecified atom stereocenters. The van der Waals surface area contributed by atoms with Crippen LogP contribution < -0.4 is 5.32 Å². The SMILES string of the molecule is CNC(=O)c1noc(CN2CCCC(CCc3ccccc3)C2)n1. The molecule has 6 nitrogen and oxygen atoms in total. The van der Waals surface area contributed by atoms with Crippen molar-refractivity contribution in [2.75, 3.05) is 20.1 Å². The van der Waals surface area contributed by atoms with Crippen molar-refractivity contribution >= 4 is 5.91 Å². The second-order valence-electron chi connectivity index (χ2n) is 6.36. The molecule has 2 heterocycles. The molecule has 0 spiro atoms. The highest BCUT2D eigenvalue weighted by Gasteiger charge is 2.22. The maximum absolute atomic E-state index is 11.5. The molecule has 0 saturated carbocycles. The highest BCUT2D eigenvalue weighted by Crippen LogP contribution is 2.22. The van der Waals surface area contributed by atoms with Crippen LogP contribution in [0.1, 0.15) is 41.3 Å². The van der Waals surface area contributed by atoms with Crippen LogP contribution in [0.25, 0.3) is 0 Å². The zero-order valence-corrected chi connectivity index (χ0v) is 14.1. The predicted octanol–water partition coefficient (Wildman–Crippen LogP) is 2.27. The molecule has 3 rings (SSSR count). The van der Waals surface area contributed by atoms with E-state index < -0.39 is 0 Å². The van der Waals surface area contributed by atoms with Crippen LogP contribution in [-0.2, 0) is 13.0 Å². The zero-order valence-electron chi connectivity index (χ0n) is 14.1. The number of carbonyl (C=O) groups is 1. The predicted molar refractivity (Wildman–Crippen MR) is 90.5 cm³/mol. The Morgan fingerprint density at radius 1 is 1.38 bits per heavy atom. The van der Waals surface area contributed by atoms with E-state index in [1.54, 1.807) is 7.05 Å². The third-order valence-electron chi connectivity index (χ3n) is 4.54. The summed E-state index contributed by atoms with van der Waals surface area (Å²) in [6.07, 6.45) is 4.79. The van der Waals surface area contributed by atoms with Gasteiger partial charge in [-0.25, -0.2) is 0 Å². The molecule has 1 aromatic heterocycles. The molecule has 1 aromatic carbocycles. The maximum Gasteiger partial charge on any atom is 0.292 e. The van der Waals surface area contributed by atoms with E-state index in [0.717, 1.165) is 19.5 Å². The zero-order chi connectivity index (χ0) is 16.8. The molecule has 1 fully saturated rings. The highest BCUT2D eigenvalue weighted by molar-refractivity contribution is 5.89. The Morgan fingerprint density at radius 3 is 3.00 bits per heavy atom. The van der Waals surface area contributed by atoms with Crippen LogP contribution in [-0.4, -0.2) is 41.1 Å². The van der Waals surface area contributed by atoms with E-state index in [0.29, 0.717) is 18.4 Å². The summed E-state index contributed by atoms with van der Waals surface area (Å²) in [4.78, 5) is 18.0. The number of likely N-dealkylation sites (tertiary alicyclic amines) is 1. The highest BCUT2D eigenvalue weighted by atomic mass is 16.5. The fourth-order valence-electron chi connectivity index (χ4n) is 3.26. The topological polar surface area (TPSA) is 71.3 Å². The average molecular weight is 328 g/mol. The summed E-state index contributed by atoms with van der Waals surface area (Å²) in [5.41, 5.74) is 1.40. The maximum atomic E-state index is 11.5. The van der Waals surface area contributed by atoms with E-state index in [2.05, 4.69) is 50.7 Å². The van der Waals surface area contributed by atoms with Crippen LogP contribution in [0.15, 0.2) is 34.9 Å². The molecule has 1 amide bonds. The number of aromatic nitrogens is 2. The first kappa shape index (κ1) is 16.6. The quantitative estimate of drug-likeness (QED) is 0.881. The van der Waals surface area contributed by atoms with Crippen LogP contribution >= 0.6 is 0 Å². The van der Waals surface area contributed by atoms with E-state index in [-0.39, 0.29) is 11.7 Å². The van der Waals surface area contributed by atoms with Gasteiger partial charge in [-0.2, -0.15) is 4.98 Å². The van der Waals surface area contributed by atoms with Gasteiger partial charge in [0.2, 0.25) is 5.89 Å². The summed E-state index contributed by atoms with van der Waals surface area (Å²) in [7, 11) is 1.56. The number of nitrogens with one attached hydrogen (secondary N) is 1. The number of carbonyl (C=O) groups excluding carboxylic acids is 1. The second kappa shape index (κ2) is 8.06. The van der Waals surface area contributed by atoms with Crippen molar-refractivity contribution in [3.63, 3.8) is 0 Å². The fourth-order valence-corrected chi connectivity index (χ4v) is 3.26. The molecular formula is C18H24N4O2. The molecule has 24 heavy (non-hydrogen) atoms. The van der Waals surface area contributed by atoms with Gasteiger partial charge in [0.25, 0.3) is 11.7 Å². The summed E-state index contributed by atoms with van der Waals surface area (Å²) >= 11 is 0. The lowest BCUT2D eigenvalue weighted by molar-refractivity contribution is 0.0950. The van der Waals surface area contributed by atoms with Crippen LogP contribution in [0.5, 0.6) is 0 Å². The van der Waals surface area contributed by atoms with Gasteiger partial charge < -0.3 is 9.84 Å². The van der Waals surface area contributed by atoms with Crippen molar-refractivity contribution in [3.05, 3.63) is 47.6 Å². The van der Waals surface area contributed by atoms with Crippen molar-refractivity contribution in [3.8, 4) is 0 Å². The van der Waals surface area contributed by atoms with E-state index in [1.807, 2.05) is 0 Å². The lowest BCUT2D eigenvalue weighted by Crippen LogP contribution is -2.35. The Labute approximate surface area is 142 Å². The van der Waals surface area contributed by atoms with Gasteiger partial charge in [0.1, 0.15) is 0 Å². The van der Waals surface area contributed by atoms with Crippen molar-refractivity contribution in [1.29, 1.82) is 0 Å². The van der Waals surface area contributed by atoms with Gasteiger partial charge in [-0.3, -0.25) is 9.69 Å². The number of hydrogen-bond acceptors (Lipinski definition) is 5. The average Bonchev–Trinajstić information content (AvgIpc) is 3.09. The molecule has 0 bridgehead atoms. The first-order valence-corrected chi connectivity index (χ1v) is 8.55. The number of hydrogen-bond donors (Lipinski definition) is 1. The van der Waals surface area contributed by atoms with E-state index in [9.17, 15) is 4.79 Å². The Hall–Kier alpha value is -2.21. The van der Waals surface area contributed by atoms with Gasteiger partial charge in [-0.05, 0) is 43.7 Å². The molecule has 1 aliphatic rings. The second-order valence-corrected chi connectivity index (χ2v) is 6.36. The molecule has 6 heteroatoms. The molecule has 1 atom stereocenters. The largest absolute Gasteiger partial charge is 0.352 e. The molecule has 0 aliphatic carbocycles. The van der Waals surface area contributed by atoms with E-state index in [4.69, 9.17) is 4.52 Å². The number of amides is 1. The van der Waals surface area contributed by atoms with Crippen LogP contribution in [0.2, 0.25) is 0 Å². The van der Waals surface area contributed by atoms with Crippen molar-refractivity contribution < 1.29 is 9.32 Å². The molecule has 1 aliphatic heterocycles. The Kier molecular flexibility index (Phi) is 5.59. The smallest absolute Gasteiger partial charge is 0.292 e. The van der Waals surface area contributed by atoms with Crippen LogP contribution in [0, 0.1) is 5.92 Å². The molecular weight excluding hydrogens is 304 g/mol. The number of piperidine rings is 1. The van der Waals surface area contributed by atoms with Gasteiger partial charge >= 0.3 is 0 Å². The number of benzene rings is 1. The molecule has 1 N–H and O–H groups in total. The third kappa shape index (κ3) is 4.41. The Balaban J connectivity index is 1.50. The van der Waals surface area contributed by atoms with Crippen molar-refractivity contribution in [2.45, 2.75) is 32.2 Å². The van der Waals surface area contributed by atoms with E-state index in [1.165, 1.54) is 24.8 Å². The number of nitrogens with zero attached hydrogens (tertiary/aromatic N) is 3. The Bertz CT molecular complexity index is 656. The minimum absolute atomic E-state index is 0.102. The van der Waals surface area contributed by atoms with Crippen LogP contribution in [0.4, 0.5) is 0 Å². The van der Waals surface area contributed by atoms with Gasteiger partial charge in [0, 0.05) is 13.6 Å². The van der Waals surface area contributed by atoms with Crippen LogP contribution in [0.3, 0.4) is 0 Å². The summed E-state index contributed by atoms with van der Waals surface area (Å²) in [6.45, 7) is 2.70. The number of aryl methyl sites for hydroxylation is 1. The van der Waals surface area contributed by atoms with Gasteiger partial charge in [-0.15, -0.1) is 0 Å². The summed E-state index contributed by atoms with van der Waals surface area (Å²) in [6, 6.07) is 10.6. The Morgan fingerprint density at radius 2 is 2.21 bits per heavy atom. The van der Waals surface area contributed by atoms with Crippen molar-refractivity contribution in [1.82, 2.24) is 20.4 Å². The summed E-state index contributed by atoms with van der Waals surface area (Å²) < 4.78 is 5.19. The summed E-state index contributed by atoms with van der Waals surface area (Å²) in [5, 5.41) is 6.22. The lowest BCUT2D eigenvalue weighted by atomic mass is 9.91. The molecule has 128 valence electrons. The standard InChI is InChI=1S/C18H24N4O2/c1-19-18(23)17-20-16(24-21-17)13-22-11-5-8-15(12-22)10-9-14-6-3-2-4-7-14/h2-4,6-7,15H,5,8-13H2,1H3,(H,19,23). The lowest BCUT2D eigenvalue weighted by Gasteiger charge is -2.31. The van der Waals surface area contributed by atoms with Gasteiger partial charge in [0.15, 0.2) is 0 Å². The van der Waals surface area contributed by atoms with Crippen molar-refractivity contribution in [2.24, 2.45) is 5.92 Å². The minimum Gasteiger partial charge on any atom is -0.352 e. The van der Waals surface area contributed by atoms with E-state index >= 15 is 0 Å². The fraction of sp³-hybridized carbons (Fsp3) is 0.500. The molecule has 2 aromatic rings. The van der Waals surface area contributed by atoms with Gasteiger partial charge in [-0.1, -0.05) is 35.5 Å². The third-order valence-corrected chi connectivity index (χ3v) is 4.54.